The molecule has 0 atom stereocenters. The van der Waals surface area contributed by atoms with Crippen LogP contribution >= 0.6 is 0 Å². The molecule has 0 aliphatic heterocycles. The largest absolute Gasteiger partial charge is 0.494 e. The lowest BCUT2D eigenvalue weighted by atomic mass is 10.1. The molecule has 0 bridgehead atoms. The molecule has 2 aromatic carbocycles. The highest BCUT2D eigenvalue weighted by molar-refractivity contribution is 5.75. The minimum Gasteiger partial charge on any atom is -0.494 e. The molecule has 0 saturated carbocycles. The molecule has 0 fully saturated rings. The van der Waals surface area contributed by atoms with Crippen molar-refractivity contribution < 1.29 is 18.7 Å². The van der Waals surface area contributed by atoms with Crippen LogP contribution in [0.3, 0.4) is 0 Å². The van der Waals surface area contributed by atoms with Gasteiger partial charge in [-0.05, 0) is 48.4 Å². The van der Waals surface area contributed by atoms with Crippen molar-refractivity contribution in [3.8, 4) is 11.5 Å². The van der Waals surface area contributed by atoms with Crippen molar-refractivity contribution in [1.82, 2.24) is 0 Å². The molecule has 21 heavy (non-hydrogen) atoms. The van der Waals surface area contributed by atoms with E-state index >= 15 is 0 Å². The Morgan fingerprint density at radius 2 is 1.81 bits per heavy atom. The maximum absolute atomic E-state index is 13.0. The van der Waals surface area contributed by atoms with E-state index in [1.807, 2.05) is 6.92 Å². The van der Waals surface area contributed by atoms with Gasteiger partial charge in [-0.3, -0.25) is 4.79 Å². The summed E-state index contributed by atoms with van der Waals surface area (Å²) in [6.45, 7) is 2.68. The highest BCUT2D eigenvalue weighted by Gasteiger charge is 2.07. The van der Waals surface area contributed by atoms with Crippen LogP contribution < -0.4 is 9.47 Å². The molecule has 3 nitrogen and oxygen atoms in total. The number of esters is 1. The molecule has 0 saturated heterocycles. The van der Waals surface area contributed by atoms with Crippen LogP contribution in [0.15, 0.2) is 48.5 Å². The van der Waals surface area contributed by atoms with Gasteiger partial charge in [-0.25, -0.2) is 4.39 Å². The second kappa shape index (κ2) is 7.43. The summed E-state index contributed by atoms with van der Waals surface area (Å²) in [5, 5.41) is 0. The summed E-state index contributed by atoms with van der Waals surface area (Å²) in [6.07, 6.45) is 0.968. The lowest BCUT2D eigenvalue weighted by Gasteiger charge is -2.07. The summed E-state index contributed by atoms with van der Waals surface area (Å²) >= 11 is 0. The van der Waals surface area contributed by atoms with Crippen LogP contribution in [0.2, 0.25) is 0 Å². The summed E-state index contributed by atoms with van der Waals surface area (Å²) in [5.74, 6) is 0.391. The maximum atomic E-state index is 13.0. The second-order valence-electron chi connectivity index (χ2n) is 4.60. The van der Waals surface area contributed by atoms with Gasteiger partial charge in [0, 0.05) is 0 Å². The molecule has 0 radical (unpaired) electrons. The first kappa shape index (κ1) is 15.0. The summed E-state index contributed by atoms with van der Waals surface area (Å²) in [5.41, 5.74) is 0.586. The molecular weight excluding hydrogens is 271 g/mol. The molecule has 2 aromatic rings. The van der Waals surface area contributed by atoms with Crippen LogP contribution in [0.4, 0.5) is 4.39 Å². The first-order chi connectivity index (χ1) is 10.2. The highest BCUT2D eigenvalue weighted by atomic mass is 19.1. The fourth-order valence-corrected chi connectivity index (χ4v) is 1.80. The van der Waals surface area contributed by atoms with Crippen molar-refractivity contribution in [2.45, 2.75) is 19.8 Å². The molecule has 0 N–H and O–H groups in total. The van der Waals surface area contributed by atoms with Crippen molar-refractivity contribution in [1.29, 1.82) is 0 Å². The van der Waals surface area contributed by atoms with Crippen LogP contribution in [0.25, 0.3) is 0 Å². The van der Waals surface area contributed by atoms with E-state index in [1.165, 1.54) is 12.1 Å². The van der Waals surface area contributed by atoms with Gasteiger partial charge >= 0.3 is 5.97 Å². The van der Waals surface area contributed by atoms with Gasteiger partial charge in [-0.2, -0.15) is 0 Å². The van der Waals surface area contributed by atoms with Crippen LogP contribution in [-0.2, 0) is 11.2 Å². The van der Waals surface area contributed by atoms with Crippen LogP contribution in [-0.4, -0.2) is 12.6 Å². The van der Waals surface area contributed by atoms with Crippen molar-refractivity contribution in [2.75, 3.05) is 6.61 Å². The highest BCUT2D eigenvalue weighted by Crippen LogP contribution is 2.18. The van der Waals surface area contributed by atoms with Crippen LogP contribution in [0, 0.1) is 5.82 Å². The average Bonchev–Trinajstić information content (AvgIpc) is 2.46. The predicted octanol–water partition coefficient (Wildman–Crippen LogP) is 3.76. The van der Waals surface area contributed by atoms with Crippen LogP contribution in [0.1, 0.15) is 18.9 Å². The molecule has 0 amide bonds. The van der Waals surface area contributed by atoms with Gasteiger partial charge in [-0.1, -0.05) is 19.1 Å². The topological polar surface area (TPSA) is 35.5 Å². The fourth-order valence-electron chi connectivity index (χ4n) is 1.80. The number of hydrogen-bond acceptors (Lipinski definition) is 3. The summed E-state index contributed by atoms with van der Waals surface area (Å²) in [4.78, 5) is 11.8. The minimum atomic E-state index is -0.428. The zero-order valence-electron chi connectivity index (χ0n) is 11.8. The number of benzene rings is 2. The molecule has 4 heteroatoms. The van der Waals surface area contributed by atoms with Crippen molar-refractivity contribution in [3.63, 3.8) is 0 Å². The third kappa shape index (κ3) is 4.91. The Balaban J connectivity index is 1.90. The number of ether oxygens (including phenoxy) is 2. The van der Waals surface area contributed by atoms with E-state index in [0.29, 0.717) is 17.9 Å². The fraction of sp³-hybridized carbons (Fsp3) is 0.235. The van der Waals surface area contributed by atoms with Gasteiger partial charge in [0.25, 0.3) is 0 Å². The van der Waals surface area contributed by atoms with Crippen molar-refractivity contribution in [2.24, 2.45) is 0 Å². The predicted molar refractivity (Wildman–Crippen MR) is 78.0 cm³/mol. The van der Waals surface area contributed by atoms with E-state index in [9.17, 15) is 9.18 Å². The molecule has 110 valence electrons. The average molecular weight is 288 g/mol. The number of rotatable bonds is 6. The second-order valence-corrected chi connectivity index (χ2v) is 4.60. The van der Waals surface area contributed by atoms with Gasteiger partial charge in [0.2, 0.25) is 0 Å². The van der Waals surface area contributed by atoms with E-state index in [2.05, 4.69) is 0 Å². The first-order valence-electron chi connectivity index (χ1n) is 6.85. The Labute approximate surface area is 123 Å². The van der Waals surface area contributed by atoms with E-state index in [0.717, 1.165) is 12.2 Å². The normalized spacial score (nSPS) is 10.2. The SMILES string of the molecule is CCCOc1ccc(OC(=O)Cc2cccc(F)c2)cc1. The number of carbonyl (C=O) groups is 1. The first-order valence-corrected chi connectivity index (χ1v) is 6.85. The molecule has 0 unspecified atom stereocenters. The van der Waals surface area contributed by atoms with E-state index < -0.39 is 5.97 Å². The van der Waals surface area contributed by atoms with Crippen LogP contribution in [0.5, 0.6) is 11.5 Å². The van der Waals surface area contributed by atoms with Gasteiger partial charge in [0.05, 0.1) is 13.0 Å². The standard InChI is InChI=1S/C17H17FO3/c1-2-10-20-15-6-8-16(9-7-15)21-17(19)12-13-4-3-5-14(18)11-13/h3-9,11H,2,10,12H2,1H3. The Morgan fingerprint density at radius 3 is 2.48 bits per heavy atom. The number of halogens is 1. The molecule has 0 spiro atoms. The van der Waals surface area contributed by atoms with E-state index in [1.54, 1.807) is 36.4 Å². The van der Waals surface area contributed by atoms with Crippen molar-refractivity contribution >= 4 is 5.97 Å². The Bertz CT molecular complexity index is 593. The third-order valence-electron chi connectivity index (χ3n) is 2.77. The Hall–Kier alpha value is -2.36. The Morgan fingerprint density at radius 1 is 1.10 bits per heavy atom. The molecule has 0 heterocycles. The monoisotopic (exact) mass is 288 g/mol. The molecule has 2 rings (SSSR count). The molecule has 0 aliphatic carbocycles. The summed E-state index contributed by atoms with van der Waals surface area (Å²) in [7, 11) is 0. The lowest BCUT2D eigenvalue weighted by molar-refractivity contribution is -0.133. The smallest absolute Gasteiger partial charge is 0.315 e. The molecular formula is C17H17FO3. The van der Waals surface area contributed by atoms with E-state index in [4.69, 9.17) is 9.47 Å². The Kier molecular flexibility index (Phi) is 5.32. The number of carbonyl (C=O) groups excluding carboxylic acids is 1. The van der Waals surface area contributed by atoms with Gasteiger partial charge < -0.3 is 9.47 Å². The number of hydrogen-bond donors (Lipinski definition) is 0. The zero-order valence-corrected chi connectivity index (χ0v) is 11.8. The molecule has 0 aromatic heterocycles. The van der Waals surface area contributed by atoms with Crippen molar-refractivity contribution in [3.05, 3.63) is 59.9 Å². The third-order valence-corrected chi connectivity index (χ3v) is 2.77. The summed E-state index contributed by atoms with van der Waals surface area (Å²) in [6, 6.07) is 12.8. The summed E-state index contributed by atoms with van der Waals surface area (Å²) < 4.78 is 23.7. The lowest BCUT2D eigenvalue weighted by Crippen LogP contribution is -2.11. The van der Waals surface area contributed by atoms with E-state index in [-0.39, 0.29) is 12.2 Å². The van der Waals surface area contributed by atoms with Gasteiger partial charge in [0.15, 0.2) is 0 Å². The minimum absolute atomic E-state index is 0.0336. The van der Waals surface area contributed by atoms with Gasteiger partial charge in [-0.15, -0.1) is 0 Å². The maximum Gasteiger partial charge on any atom is 0.315 e. The van der Waals surface area contributed by atoms with Gasteiger partial charge in [0.1, 0.15) is 17.3 Å². The zero-order chi connectivity index (χ0) is 15.1. The quantitative estimate of drug-likeness (QED) is 0.599. The molecule has 0 aliphatic rings.